The molecule has 3 aromatic rings. The summed E-state index contributed by atoms with van der Waals surface area (Å²) in [5.41, 5.74) is 2.74. The average Bonchev–Trinajstić information content (AvgIpc) is 2.69. The molecule has 1 fully saturated rings. The molecule has 0 unspecified atom stereocenters. The van der Waals surface area contributed by atoms with Gasteiger partial charge < -0.3 is 10.2 Å². The minimum Gasteiger partial charge on any atom is -0.354 e. The smallest absolute Gasteiger partial charge is 0.162 e. The molecule has 4 nitrogen and oxygen atoms in total. The maximum Gasteiger partial charge on any atom is 0.162 e. The molecule has 1 aromatic heterocycles. The molecule has 2 aromatic carbocycles. The summed E-state index contributed by atoms with van der Waals surface area (Å²) in [6.07, 6.45) is 0. The molecular weight excluding hydrogens is 315 g/mol. The van der Waals surface area contributed by atoms with E-state index >= 15 is 0 Å². The van der Waals surface area contributed by atoms with Crippen LogP contribution in [0, 0.1) is 5.82 Å². The monoisotopic (exact) mass is 334 g/mol. The summed E-state index contributed by atoms with van der Waals surface area (Å²) in [4.78, 5) is 11.7. The maximum atomic E-state index is 13.3. The molecule has 0 amide bonds. The molecule has 1 aliphatic heterocycles. The van der Waals surface area contributed by atoms with Gasteiger partial charge in [0, 0.05) is 43.4 Å². The van der Waals surface area contributed by atoms with E-state index in [1.807, 2.05) is 36.4 Å². The lowest BCUT2D eigenvalue weighted by molar-refractivity contribution is 0.585. The van der Waals surface area contributed by atoms with Gasteiger partial charge >= 0.3 is 0 Å². The molecule has 0 radical (unpaired) electrons. The molecule has 126 valence electrons. The van der Waals surface area contributed by atoms with E-state index < -0.39 is 0 Å². The Bertz CT molecular complexity index is 843. The second-order valence-electron chi connectivity index (χ2n) is 6.04. The quantitative estimate of drug-likeness (QED) is 0.797. The van der Waals surface area contributed by atoms with Crippen LogP contribution >= 0.6 is 0 Å². The van der Waals surface area contributed by atoms with E-state index in [1.165, 1.54) is 12.1 Å². The van der Waals surface area contributed by atoms with Crippen LogP contribution in [-0.4, -0.2) is 36.1 Å². The summed E-state index contributed by atoms with van der Waals surface area (Å²) in [5, 5.41) is 3.36. The van der Waals surface area contributed by atoms with Crippen molar-refractivity contribution in [2.24, 2.45) is 0 Å². The number of nitrogens with one attached hydrogen (secondary N) is 1. The van der Waals surface area contributed by atoms with E-state index in [0.29, 0.717) is 5.82 Å². The normalized spacial score (nSPS) is 14.5. The lowest BCUT2D eigenvalue weighted by Crippen LogP contribution is -2.44. The van der Waals surface area contributed by atoms with Crippen molar-refractivity contribution in [2.45, 2.75) is 0 Å². The summed E-state index contributed by atoms with van der Waals surface area (Å²) < 4.78 is 13.3. The molecule has 0 bridgehead atoms. The van der Waals surface area contributed by atoms with Gasteiger partial charge in [-0.2, -0.15) is 0 Å². The molecular formula is C20H19FN4. The lowest BCUT2D eigenvalue weighted by Gasteiger charge is -2.29. The standard InChI is InChI=1S/C20H19FN4/c21-17-8-6-16(7-9-17)20-23-18(15-4-2-1-3-5-15)14-19(24-20)25-12-10-22-11-13-25/h1-9,14,22H,10-13H2. The van der Waals surface area contributed by atoms with E-state index in [0.717, 1.165) is 48.8 Å². The Labute approximate surface area is 146 Å². The van der Waals surface area contributed by atoms with Crippen molar-refractivity contribution in [1.29, 1.82) is 0 Å². The third kappa shape index (κ3) is 3.51. The van der Waals surface area contributed by atoms with E-state index in [9.17, 15) is 4.39 Å². The minimum atomic E-state index is -0.259. The molecule has 25 heavy (non-hydrogen) atoms. The van der Waals surface area contributed by atoms with Crippen molar-refractivity contribution in [3.8, 4) is 22.6 Å². The van der Waals surface area contributed by atoms with Crippen LogP contribution in [0.2, 0.25) is 0 Å². The third-order valence-electron chi connectivity index (χ3n) is 4.33. The number of anilines is 1. The van der Waals surface area contributed by atoms with Gasteiger partial charge in [-0.25, -0.2) is 14.4 Å². The second-order valence-corrected chi connectivity index (χ2v) is 6.04. The Morgan fingerprint density at radius 3 is 2.28 bits per heavy atom. The van der Waals surface area contributed by atoms with Crippen LogP contribution in [0.5, 0.6) is 0 Å². The zero-order chi connectivity index (χ0) is 17.1. The Kier molecular flexibility index (Phi) is 4.39. The highest BCUT2D eigenvalue weighted by molar-refractivity contribution is 5.68. The van der Waals surface area contributed by atoms with E-state index in [1.54, 1.807) is 12.1 Å². The predicted octanol–water partition coefficient (Wildman–Crippen LogP) is 3.36. The number of aromatic nitrogens is 2. The van der Waals surface area contributed by atoms with Crippen LogP contribution < -0.4 is 10.2 Å². The largest absolute Gasteiger partial charge is 0.354 e. The number of hydrogen-bond donors (Lipinski definition) is 1. The molecule has 0 spiro atoms. The van der Waals surface area contributed by atoms with E-state index in [2.05, 4.69) is 10.2 Å². The first-order valence-electron chi connectivity index (χ1n) is 8.46. The van der Waals surface area contributed by atoms with Crippen molar-refractivity contribution in [2.75, 3.05) is 31.1 Å². The third-order valence-corrected chi connectivity index (χ3v) is 4.33. The van der Waals surface area contributed by atoms with E-state index in [4.69, 9.17) is 9.97 Å². The fraction of sp³-hybridized carbons (Fsp3) is 0.200. The van der Waals surface area contributed by atoms with Crippen LogP contribution in [0.25, 0.3) is 22.6 Å². The van der Waals surface area contributed by atoms with Crippen LogP contribution in [0.1, 0.15) is 0 Å². The Hall–Kier alpha value is -2.79. The Balaban J connectivity index is 1.81. The number of halogens is 1. The molecule has 0 aliphatic carbocycles. The first kappa shape index (κ1) is 15.7. The molecule has 1 N–H and O–H groups in total. The SMILES string of the molecule is Fc1ccc(-c2nc(-c3ccccc3)cc(N3CCNCC3)n2)cc1. The van der Waals surface area contributed by atoms with Gasteiger partial charge in [-0.1, -0.05) is 30.3 Å². The van der Waals surface area contributed by atoms with Crippen LogP contribution in [0.4, 0.5) is 10.2 Å². The molecule has 0 atom stereocenters. The molecule has 2 heterocycles. The van der Waals surface area contributed by atoms with Gasteiger partial charge in [0.15, 0.2) is 5.82 Å². The summed E-state index contributed by atoms with van der Waals surface area (Å²) >= 11 is 0. The zero-order valence-corrected chi connectivity index (χ0v) is 13.8. The molecule has 5 heteroatoms. The van der Waals surface area contributed by atoms with Crippen molar-refractivity contribution < 1.29 is 4.39 Å². The van der Waals surface area contributed by atoms with Gasteiger partial charge in [0.1, 0.15) is 11.6 Å². The van der Waals surface area contributed by atoms with Gasteiger partial charge in [0.25, 0.3) is 0 Å². The van der Waals surface area contributed by atoms with Crippen LogP contribution in [0.3, 0.4) is 0 Å². The lowest BCUT2D eigenvalue weighted by atomic mass is 10.1. The number of rotatable bonds is 3. The maximum absolute atomic E-state index is 13.3. The molecule has 1 saturated heterocycles. The number of hydrogen-bond acceptors (Lipinski definition) is 4. The topological polar surface area (TPSA) is 41.1 Å². The number of nitrogens with zero attached hydrogens (tertiary/aromatic N) is 3. The highest BCUT2D eigenvalue weighted by atomic mass is 19.1. The number of piperazine rings is 1. The van der Waals surface area contributed by atoms with Crippen molar-refractivity contribution in [3.05, 3.63) is 66.5 Å². The summed E-state index contributed by atoms with van der Waals surface area (Å²) in [6.45, 7) is 3.70. The molecule has 1 aliphatic rings. The zero-order valence-electron chi connectivity index (χ0n) is 13.8. The highest BCUT2D eigenvalue weighted by Gasteiger charge is 2.16. The van der Waals surface area contributed by atoms with Gasteiger partial charge in [0.05, 0.1) is 5.69 Å². The Morgan fingerprint density at radius 1 is 0.840 bits per heavy atom. The molecule has 4 rings (SSSR count). The van der Waals surface area contributed by atoms with Crippen molar-refractivity contribution >= 4 is 5.82 Å². The van der Waals surface area contributed by atoms with Gasteiger partial charge in [-0.15, -0.1) is 0 Å². The predicted molar refractivity (Wildman–Crippen MR) is 97.9 cm³/mol. The summed E-state index contributed by atoms with van der Waals surface area (Å²) in [6, 6.07) is 18.4. The highest BCUT2D eigenvalue weighted by Crippen LogP contribution is 2.26. The first-order chi connectivity index (χ1) is 12.3. The van der Waals surface area contributed by atoms with Crippen LogP contribution in [0.15, 0.2) is 60.7 Å². The summed E-state index contributed by atoms with van der Waals surface area (Å²) in [5.74, 6) is 1.27. The van der Waals surface area contributed by atoms with Gasteiger partial charge in [0.2, 0.25) is 0 Å². The second kappa shape index (κ2) is 6.99. The first-order valence-corrected chi connectivity index (χ1v) is 8.46. The van der Waals surface area contributed by atoms with E-state index in [-0.39, 0.29) is 5.82 Å². The number of benzene rings is 2. The van der Waals surface area contributed by atoms with Crippen molar-refractivity contribution in [3.63, 3.8) is 0 Å². The van der Waals surface area contributed by atoms with Crippen LogP contribution in [-0.2, 0) is 0 Å². The van der Waals surface area contributed by atoms with Crippen molar-refractivity contribution in [1.82, 2.24) is 15.3 Å². The minimum absolute atomic E-state index is 0.259. The Morgan fingerprint density at radius 2 is 1.56 bits per heavy atom. The summed E-state index contributed by atoms with van der Waals surface area (Å²) in [7, 11) is 0. The van der Waals surface area contributed by atoms with Gasteiger partial charge in [-0.05, 0) is 24.3 Å². The van der Waals surface area contributed by atoms with Gasteiger partial charge in [-0.3, -0.25) is 0 Å². The molecule has 0 saturated carbocycles. The average molecular weight is 334 g/mol. The fourth-order valence-electron chi connectivity index (χ4n) is 2.98. The fourth-order valence-corrected chi connectivity index (χ4v) is 2.98.